The molecule has 4 aromatic rings. The number of aryl methyl sites for hydroxylation is 2. The van der Waals surface area contributed by atoms with Crippen molar-refractivity contribution in [3.8, 4) is 11.3 Å². The van der Waals surface area contributed by atoms with Gasteiger partial charge >= 0.3 is 0 Å². The molecule has 1 aromatic heterocycles. The van der Waals surface area contributed by atoms with Gasteiger partial charge in [-0.2, -0.15) is 0 Å². The fourth-order valence-electron chi connectivity index (χ4n) is 7.37. The van der Waals surface area contributed by atoms with Crippen LogP contribution in [0.4, 0.5) is 4.39 Å². The van der Waals surface area contributed by atoms with Crippen LogP contribution in [0.15, 0.2) is 60.5 Å². The Bertz CT molecular complexity index is 1640. The normalized spacial score (nSPS) is 14.6. The van der Waals surface area contributed by atoms with Crippen LogP contribution >= 0.6 is 0 Å². The Morgan fingerprint density at radius 2 is 1.60 bits per heavy atom. The van der Waals surface area contributed by atoms with Crippen molar-refractivity contribution in [1.29, 1.82) is 0 Å². The van der Waals surface area contributed by atoms with Gasteiger partial charge in [-0.1, -0.05) is 79.9 Å². The first-order chi connectivity index (χ1) is 22.1. The Hall–Kier alpha value is -2.88. The largest absolute Gasteiger partial charge is 0.512 e. The standard InChI is InChI=1S/C29H29FN.C13H24O2.Ir/c1-18-13-19(2)15-23(14-18)29-28-22(11-12-31-29)16-26(20(3)21-7-5-4-6-8-21)25-10-9-24(30)17-27(25)28;1-5-10(6-2)12(14)9-13(15)11(7-3)8-4;/h9-14,16-17,20-21H,4-8H2,1-3H3;9-11,14H,5-8H2,1-4H3;/q-1;;/b;12-9-;. The van der Waals surface area contributed by atoms with Crippen molar-refractivity contribution in [3.63, 3.8) is 0 Å². The van der Waals surface area contributed by atoms with Gasteiger partial charge in [0.25, 0.3) is 0 Å². The van der Waals surface area contributed by atoms with Gasteiger partial charge in [0.2, 0.25) is 0 Å². The monoisotopic (exact) mass is 815 g/mol. The third kappa shape index (κ3) is 9.39. The maximum Gasteiger partial charge on any atom is 0.162 e. The van der Waals surface area contributed by atoms with Gasteiger partial charge in [0.15, 0.2) is 5.78 Å². The van der Waals surface area contributed by atoms with Crippen LogP contribution in [-0.2, 0) is 24.9 Å². The zero-order valence-electron chi connectivity index (χ0n) is 29.4. The Kier molecular flexibility index (Phi) is 14.8. The fourth-order valence-corrected chi connectivity index (χ4v) is 7.37. The molecule has 3 aromatic carbocycles. The zero-order valence-corrected chi connectivity index (χ0v) is 31.8. The maximum atomic E-state index is 14.5. The summed E-state index contributed by atoms with van der Waals surface area (Å²) in [6.45, 7) is 14.6. The van der Waals surface area contributed by atoms with Crippen molar-refractivity contribution in [2.45, 2.75) is 112 Å². The average molecular weight is 815 g/mol. The Labute approximate surface area is 295 Å². The van der Waals surface area contributed by atoms with Gasteiger partial charge in [0, 0.05) is 44.2 Å². The van der Waals surface area contributed by atoms with E-state index in [-0.39, 0.29) is 49.3 Å². The Morgan fingerprint density at radius 1 is 0.936 bits per heavy atom. The smallest absolute Gasteiger partial charge is 0.162 e. The SMILES string of the molecule is CCC(CC)C(=O)/C=C(\O)C(CC)CC.Cc1[c-]c(-c2nccc3cc(C(C)C4CCCCC4)c4ccc(F)cc4c23)cc(C)c1.[Ir]. The molecule has 47 heavy (non-hydrogen) atoms. The van der Waals surface area contributed by atoms with Crippen LogP contribution in [0.3, 0.4) is 0 Å². The summed E-state index contributed by atoms with van der Waals surface area (Å²) in [5, 5.41) is 14.0. The van der Waals surface area contributed by atoms with Gasteiger partial charge in [-0.15, -0.1) is 34.9 Å². The number of hydrogen-bond acceptors (Lipinski definition) is 3. The van der Waals surface area contributed by atoms with Crippen LogP contribution in [0, 0.1) is 43.5 Å². The molecule has 5 rings (SSSR count). The van der Waals surface area contributed by atoms with Crippen molar-refractivity contribution < 1.29 is 34.4 Å². The number of carbonyl (C=O) groups excluding carboxylic acids is 1. The van der Waals surface area contributed by atoms with Crippen LogP contribution in [0.5, 0.6) is 0 Å². The molecular formula is C42H53FIrNO2-. The molecule has 1 saturated carbocycles. The van der Waals surface area contributed by atoms with Gasteiger partial charge < -0.3 is 10.1 Å². The molecule has 0 bridgehead atoms. The minimum atomic E-state index is -0.199. The van der Waals surface area contributed by atoms with E-state index in [0.29, 0.717) is 11.8 Å². The fraction of sp³-hybridized carbons (Fsp3) is 0.476. The van der Waals surface area contributed by atoms with Gasteiger partial charge in [0.1, 0.15) is 5.82 Å². The molecule has 0 amide bonds. The number of carbonyl (C=O) groups is 1. The number of aliphatic hydroxyl groups excluding tert-OH is 1. The third-order valence-electron chi connectivity index (χ3n) is 10.2. The average Bonchev–Trinajstić information content (AvgIpc) is 3.05. The Balaban J connectivity index is 0.000000322. The van der Waals surface area contributed by atoms with Crippen molar-refractivity contribution in [1.82, 2.24) is 4.98 Å². The topological polar surface area (TPSA) is 50.2 Å². The molecule has 1 unspecified atom stereocenters. The zero-order chi connectivity index (χ0) is 33.4. The molecule has 0 saturated heterocycles. The minimum Gasteiger partial charge on any atom is -0.512 e. The predicted octanol–water partition coefficient (Wildman–Crippen LogP) is 12.2. The van der Waals surface area contributed by atoms with E-state index < -0.39 is 0 Å². The second-order valence-electron chi connectivity index (χ2n) is 13.4. The number of ketones is 1. The molecular weight excluding hydrogens is 762 g/mol. The first-order valence-electron chi connectivity index (χ1n) is 17.6. The number of pyridine rings is 1. The molecule has 1 aliphatic carbocycles. The second-order valence-corrected chi connectivity index (χ2v) is 13.4. The molecule has 0 aliphatic heterocycles. The summed E-state index contributed by atoms with van der Waals surface area (Å²) in [4.78, 5) is 16.5. The number of hydrogen-bond donors (Lipinski definition) is 1. The molecule has 3 nitrogen and oxygen atoms in total. The van der Waals surface area contributed by atoms with E-state index in [1.807, 2.05) is 40.0 Å². The van der Waals surface area contributed by atoms with Crippen LogP contribution in [0.1, 0.15) is 115 Å². The number of rotatable bonds is 10. The number of fused-ring (bicyclic) bond motifs is 3. The molecule has 1 radical (unpaired) electrons. The number of halogens is 1. The van der Waals surface area contributed by atoms with Crippen molar-refractivity contribution >= 4 is 27.3 Å². The minimum absolute atomic E-state index is 0. The molecule has 1 heterocycles. The molecule has 1 fully saturated rings. The summed E-state index contributed by atoms with van der Waals surface area (Å²) in [6.07, 6.45) is 13.4. The van der Waals surface area contributed by atoms with Gasteiger partial charge in [-0.05, 0) is 101 Å². The number of benzene rings is 3. The molecule has 255 valence electrons. The van der Waals surface area contributed by atoms with Gasteiger partial charge in [-0.3, -0.25) is 4.79 Å². The molecule has 1 N–H and O–H groups in total. The number of aliphatic hydroxyl groups is 1. The predicted molar refractivity (Wildman–Crippen MR) is 192 cm³/mol. The number of nitrogens with zero attached hydrogens (tertiary/aromatic N) is 1. The molecule has 0 spiro atoms. The van der Waals surface area contributed by atoms with Crippen LogP contribution in [0.25, 0.3) is 32.8 Å². The van der Waals surface area contributed by atoms with E-state index in [4.69, 9.17) is 4.98 Å². The van der Waals surface area contributed by atoms with Gasteiger partial charge in [0.05, 0.1) is 5.76 Å². The van der Waals surface area contributed by atoms with Crippen molar-refractivity contribution in [3.05, 3.63) is 89.1 Å². The maximum absolute atomic E-state index is 14.5. The van der Waals surface area contributed by atoms with Crippen LogP contribution in [-0.4, -0.2) is 15.9 Å². The summed E-state index contributed by atoms with van der Waals surface area (Å²) < 4.78 is 14.5. The first-order valence-corrected chi connectivity index (χ1v) is 17.6. The quantitative estimate of drug-likeness (QED) is 0.0751. The molecule has 5 heteroatoms. The van der Waals surface area contributed by atoms with E-state index in [1.54, 1.807) is 12.1 Å². The van der Waals surface area contributed by atoms with E-state index in [2.05, 4.69) is 51.1 Å². The summed E-state index contributed by atoms with van der Waals surface area (Å²) in [7, 11) is 0. The van der Waals surface area contributed by atoms with Crippen LogP contribution < -0.4 is 0 Å². The summed E-state index contributed by atoms with van der Waals surface area (Å²) in [5.74, 6) is 1.51. The van der Waals surface area contributed by atoms with Gasteiger partial charge in [-0.25, -0.2) is 4.39 Å². The Morgan fingerprint density at radius 3 is 2.21 bits per heavy atom. The first kappa shape index (κ1) is 38.6. The second kappa shape index (κ2) is 18.0. The van der Waals surface area contributed by atoms with Crippen molar-refractivity contribution in [2.24, 2.45) is 17.8 Å². The summed E-state index contributed by atoms with van der Waals surface area (Å²) in [5.41, 5.74) is 5.48. The van der Waals surface area contributed by atoms with E-state index >= 15 is 0 Å². The summed E-state index contributed by atoms with van der Waals surface area (Å²) in [6, 6.07) is 17.4. The van der Waals surface area contributed by atoms with E-state index in [9.17, 15) is 14.3 Å². The third-order valence-corrected chi connectivity index (χ3v) is 10.2. The summed E-state index contributed by atoms with van der Waals surface area (Å²) >= 11 is 0. The number of allylic oxidation sites excluding steroid dienone is 2. The van der Waals surface area contributed by atoms with E-state index in [1.165, 1.54) is 49.3 Å². The van der Waals surface area contributed by atoms with E-state index in [0.717, 1.165) is 64.0 Å². The molecule has 1 atom stereocenters. The van der Waals surface area contributed by atoms with Crippen LogP contribution in [0.2, 0.25) is 0 Å². The molecule has 1 aliphatic rings. The van der Waals surface area contributed by atoms with Crippen molar-refractivity contribution in [2.75, 3.05) is 0 Å². The number of aromatic nitrogens is 1.